The molecule has 130 valence electrons. The average molecular weight is 350 g/mol. The molecule has 0 atom stereocenters. The molecule has 0 N–H and O–H groups in total. The Bertz CT molecular complexity index is 1210. The summed E-state index contributed by atoms with van der Waals surface area (Å²) >= 11 is 0. The molecular weight excluding hydrogens is 336 g/mol. The molecule has 0 unspecified atom stereocenters. The van der Waals surface area contributed by atoms with Crippen molar-refractivity contribution in [1.82, 2.24) is 19.0 Å². The molecule has 0 aliphatic carbocycles. The van der Waals surface area contributed by atoms with Crippen molar-refractivity contribution in [3.05, 3.63) is 74.1 Å². The lowest BCUT2D eigenvalue weighted by Crippen LogP contribution is -2.37. The van der Waals surface area contributed by atoms with Crippen molar-refractivity contribution in [2.75, 3.05) is 0 Å². The number of hydrogen-bond donors (Lipinski definition) is 0. The molecule has 1 aromatic carbocycles. The van der Waals surface area contributed by atoms with E-state index in [2.05, 4.69) is 4.98 Å². The Labute approximate surface area is 146 Å². The topological polar surface area (TPSA) is 94.3 Å². The summed E-state index contributed by atoms with van der Waals surface area (Å²) in [5, 5.41) is 0.121. The van der Waals surface area contributed by atoms with Gasteiger partial charge in [-0.15, -0.1) is 0 Å². The molecule has 3 aromatic rings. The molecule has 3 heterocycles. The molecule has 1 aliphatic rings. The number of pyridine rings is 1. The van der Waals surface area contributed by atoms with Crippen LogP contribution in [0, 0.1) is 0 Å². The molecular formula is C18H14N4O4. The zero-order valence-corrected chi connectivity index (χ0v) is 14.1. The number of fused-ring (bicyclic) bond motifs is 2. The SMILES string of the molecule is Cn1c(=O)c2cc3c(nc2n(C)c1=O)C(=O)N(Cc1ccccc1)C3=O. The summed E-state index contributed by atoms with van der Waals surface area (Å²) < 4.78 is 2.13. The summed E-state index contributed by atoms with van der Waals surface area (Å²) in [5.74, 6) is -1.04. The van der Waals surface area contributed by atoms with Crippen LogP contribution >= 0.6 is 0 Å². The molecule has 2 aromatic heterocycles. The second-order valence-electron chi connectivity index (χ2n) is 6.14. The fraction of sp³-hybridized carbons (Fsp3) is 0.167. The van der Waals surface area contributed by atoms with Gasteiger partial charge < -0.3 is 0 Å². The highest BCUT2D eigenvalue weighted by atomic mass is 16.2. The Morgan fingerprint density at radius 1 is 0.923 bits per heavy atom. The van der Waals surface area contributed by atoms with Gasteiger partial charge in [0.05, 0.1) is 17.5 Å². The molecule has 0 radical (unpaired) electrons. The molecule has 1 aliphatic heterocycles. The first-order chi connectivity index (χ1) is 12.4. The van der Waals surface area contributed by atoms with Crippen LogP contribution in [0.4, 0.5) is 0 Å². The number of hydrogen-bond acceptors (Lipinski definition) is 5. The minimum atomic E-state index is -0.555. The maximum Gasteiger partial charge on any atom is 0.332 e. The number of aryl methyl sites for hydroxylation is 1. The largest absolute Gasteiger partial charge is 0.332 e. The Balaban J connectivity index is 1.90. The first kappa shape index (κ1) is 15.9. The lowest BCUT2D eigenvalue weighted by molar-refractivity contribution is 0.0640. The van der Waals surface area contributed by atoms with E-state index in [1.165, 1.54) is 24.7 Å². The minimum absolute atomic E-state index is 0.0401. The highest BCUT2D eigenvalue weighted by Gasteiger charge is 2.38. The number of amides is 2. The van der Waals surface area contributed by atoms with Gasteiger partial charge in [-0.2, -0.15) is 0 Å². The van der Waals surface area contributed by atoms with Crippen LogP contribution in [-0.2, 0) is 20.6 Å². The summed E-state index contributed by atoms with van der Waals surface area (Å²) in [6.45, 7) is 0.113. The predicted octanol–water partition coefficient (Wildman–Crippen LogP) is 0.428. The zero-order valence-electron chi connectivity index (χ0n) is 14.1. The summed E-state index contributed by atoms with van der Waals surface area (Å²) in [6.07, 6.45) is 0. The van der Waals surface area contributed by atoms with Gasteiger partial charge in [0.15, 0.2) is 0 Å². The quantitative estimate of drug-likeness (QED) is 0.625. The fourth-order valence-corrected chi connectivity index (χ4v) is 3.10. The maximum atomic E-state index is 12.7. The van der Waals surface area contributed by atoms with Crippen LogP contribution in [-0.4, -0.2) is 30.8 Å². The Kier molecular flexibility index (Phi) is 3.36. The van der Waals surface area contributed by atoms with Crippen molar-refractivity contribution < 1.29 is 9.59 Å². The van der Waals surface area contributed by atoms with Crippen LogP contribution in [0.3, 0.4) is 0 Å². The molecule has 2 amide bonds. The van der Waals surface area contributed by atoms with E-state index in [1.807, 2.05) is 30.3 Å². The average Bonchev–Trinajstić information content (AvgIpc) is 2.89. The van der Waals surface area contributed by atoms with Gasteiger partial charge in [0, 0.05) is 14.1 Å². The van der Waals surface area contributed by atoms with Crippen LogP contribution in [0.5, 0.6) is 0 Å². The predicted molar refractivity (Wildman–Crippen MR) is 92.9 cm³/mol. The van der Waals surface area contributed by atoms with Crippen molar-refractivity contribution in [3.8, 4) is 0 Å². The summed E-state index contributed by atoms with van der Waals surface area (Å²) in [6, 6.07) is 10.5. The van der Waals surface area contributed by atoms with Crippen LogP contribution in [0.15, 0.2) is 46.0 Å². The van der Waals surface area contributed by atoms with Crippen molar-refractivity contribution >= 4 is 22.8 Å². The fourth-order valence-electron chi connectivity index (χ4n) is 3.10. The second-order valence-corrected chi connectivity index (χ2v) is 6.14. The van der Waals surface area contributed by atoms with Crippen molar-refractivity contribution in [2.24, 2.45) is 14.1 Å². The molecule has 8 nitrogen and oxygen atoms in total. The number of imide groups is 1. The minimum Gasteiger partial charge on any atom is -0.280 e. The lowest BCUT2D eigenvalue weighted by atomic mass is 10.2. The Morgan fingerprint density at radius 2 is 1.62 bits per heavy atom. The molecule has 0 fully saturated rings. The molecule has 0 bridgehead atoms. The van der Waals surface area contributed by atoms with Gasteiger partial charge in [0.2, 0.25) is 0 Å². The lowest BCUT2D eigenvalue weighted by Gasteiger charge is -2.13. The third kappa shape index (κ3) is 2.12. The van der Waals surface area contributed by atoms with E-state index < -0.39 is 23.1 Å². The van der Waals surface area contributed by atoms with E-state index in [1.54, 1.807) is 0 Å². The standard InChI is InChI=1S/C18H14N4O4/c1-20-14-12(15(23)21(2)18(20)26)8-11-13(19-14)17(25)22(16(11)24)9-10-6-4-3-5-7-10/h3-8H,9H2,1-2H3. The highest BCUT2D eigenvalue weighted by Crippen LogP contribution is 2.25. The van der Waals surface area contributed by atoms with Gasteiger partial charge in [0.1, 0.15) is 11.3 Å². The number of nitrogens with zero attached hydrogens (tertiary/aromatic N) is 4. The van der Waals surface area contributed by atoms with E-state index in [4.69, 9.17) is 0 Å². The van der Waals surface area contributed by atoms with E-state index >= 15 is 0 Å². The molecule has 0 saturated heterocycles. The summed E-state index contributed by atoms with van der Waals surface area (Å²) in [4.78, 5) is 55.1. The summed E-state index contributed by atoms with van der Waals surface area (Å²) in [7, 11) is 2.82. The first-order valence-electron chi connectivity index (χ1n) is 7.91. The van der Waals surface area contributed by atoms with Crippen LogP contribution < -0.4 is 11.2 Å². The first-order valence-corrected chi connectivity index (χ1v) is 7.91. The maximum absolute atomic E-state index is 12.7. The van der Waals surface area contributed by atoms with Crippen LogP contribution in [0.1, 0.15) is 26.4 Å². The molecule has 8 heteroatoms. The molecule has 0 spiro atoms. The van der Waals surface area contributed by atoms with E-state index in [0.717, 1.165) is 15.0 Å². The van der Waals surface area contributed by atoms with Gasteiger partial charge in [-0.05, 0) is 11.6 Å². The van der Waals surface area contributed by atoms with Gasteiger partial charge in [0.25, 0.3) is 17.4 Å². The summed E-state index contributed by atoms with van der Waals surface area (Å²) in [5.41, 5.74) is -0.182. The highest BCUT2D eigenvalue weighted by molar-refractivity contribution is 6.21. The van der Waals surface area contributed by atoms with E-state index in [-0.39, 0.29) is 28.8 Å². The molecule has 4 rings (SSSR count). The monoisotopic (exact) mass is 350 g/mol. The van der Waals surface area contributed by atoms with Crippen LogP contribution in [0.25, 0.3) is 11.0 Å². The van der Waals surface area contributed by atoms with Crippen molar-refractivity contribution in [1.29, 1.82) is 0 Å². The van der Waals surface area contributed by atoms with Crippen molar-refractivity contribution in [2.45, 2.75) is 6.54 Å². The number of carbonyl (C=O) groups is 2. The third-order valence-electron chi connectivity index (χ3n) is 4.54. The van der Waals surface area contributed by atoms with Gasteiger partial charge >= 0.3 is 5.69 Å². The number of carbonyl (C=O) groups excluding carboxylic acids is 2. The van der Waals surface area contributed by atoms with Gasteiger partial charge in [-0.25, -0.2) is 9.78 Å². The Hall–Kier alpha value is -3.55. The van der Waals surface area contributed by atoms with E-state index in [0.29, 0.717) is 0 Å². The number of aromatic nitrogens is 3. The second kappa shape index (κ2) is 5.48. The van der Waals surface area contributed by atoms with Crippen LogP contribution in [0.2, 0.25) is 0 Å². The van der Waals surface area contributed by atoms with Gasteiger partial charge in [-0.3, -0.25) is 28.4 Å². The van der Waals surface area contributed by atoms with Crippen molar-refractivity contribution in [3.63, 3.8) is 0 Å². The normalized spacial score (nSPS) is 13.5. The zero-order chi connectivity index (χ0) is 18.6. The third-order valence-corrected chi connectivity index (χ3v) is 4.54. The smallest absolute Gasteiger partial charge is 0.280 e. The van der Waals surface area contributed by atoms with Gasteiger partial charge in [-0.1, -0.05) is 30.3 Å². The van der Waals surface area contributed by atoms with E-state index in [9.17, 15) is 19.2 Å². The number of benzene rings is 1. The Morgan fingerprint density at radius 3 is 2.31 bits per heavy atom. The molecule has 0 saturated carbocycles. The number of rotatable bonds is 2. The molecule has 26 heavy (non-hydrogen) atoms.